The summed E-state index contributed by atoms with van der Waals surface area (Å²) < 4.78 is 0. The summed E-state index contributed by atoms with van der Waals surface area (Å²) >= 11 is 0. The Morgan fingerprint density at radius 2 is 2.17 bits per heavy atom. The van der Waals surface area contributed by atoms with Crippen LogP contribution in [0.3, 0.4) is 0 Å². The van der Waals surface area contributed by atoms with Crippen molar-refractivity contribution in [1.82, 2.24) is 5.32 Å². The molecule has 1 amide bonds. The third-order valence-corrected chi connectivity index (χ3v) is 1.28. The first kappa shape index (κ1) is 10.7. The number of allylic oxidation sites excluding steroid dienone is 1. The van der Waals surface area contributed by atoms with Gasteiger partial charge in [-0.1, -0.05) is 12.2 Å². The minimum atomic E-state index is -1.01. The van der Waals surface area contributed by atoms with Crippen LogP contribution in [0, 0.1) is 0 Å². The molecule has 0 unspecified atom stereocenters. The Morgan fingerprint density at radius 1 is 1.58 bits per heavy atom. The molecule has 0 aliphatic carbocycles. The monoisotopic (exact) mass is 171 g/mol. The maximum Gasteiger partial charge on any atom is 0.326 e. The van der Waals surface area contributed by atoms with Crippen LogP contribution in [0.5, 0.6) is 0 Å². The van der Waals surface area contributed by atoms with E-state index in [1.807, 2.05) is 0 Å². The number of hydrogen-bond acceptors (Lipinski definition) is 2. The average molecular weight is 171 g/mol. The van der Waals surface area contributed by atoms with Crippen molar-refractivity contribution in [3.63, 3.8) is 0 Å². The van der Waals surface area contributed by atoms with Gasteiger partial charge in [-0.2, -0.15) is 0 Å². The van der Waals surface area contributed by atoms with Crippen molar-refractivity contribution in [3.05, 3.63) is 12.2 Å². The van der Waals surface area contributed by atoms with Crippen LogP contribution in [0.25, 0.3) is 0 Å². The first-order valence-electron chi connectivity index (χ1n) is 3.69. The third-order valence-electron chi connectivity index (χ3n) is 1.28. The Balaban J connectivity index is 4.04. The molecule has 0 aromatic heterocycles. The molecule has 0 aromatic rings. The molecule has 0 radical (unpaired) electrons. The van der Waals surface area contributed by atoms with Crippen LogP contribution in [-0.2, 0) is 9.59 Å². The Hall–Kier alpha value is -1.32. The number of nitrogens with one attached hydrogen (secondary N) is 1. The molecule has 68 valence electrons. The zero-order chi connectivity index (χ0) is 9.56. The number of amides is 1. The van der Waals surface area contributed by atoms with Gasteiger partial charge < -0.3 is 10.4 Å². The fourth-order valence-electron chi connectivity index (χ4n) is 0.739. The second-order valence-electron chi connectivity index (χ2n) is 2.40. The van der Waals surface area contributed by atoms with Gasteiger partial charge in [0.25, 0.3) is 0 Å². The highest BCUT2D eigenvalue weighted by Crippen LogP contribution is 1.93. The summed E-state index contributed by atoms with van der Waals surface area (Å²) in [6.45, 7) is 3.10. The molecule has 12 heavy (non-hydrogen) atoms. The Bertz CT molecular complexity index is 198. The van der Waals surface area contributed by atoms with Gasteiger partial charge >= 0.3 is 5.97 Å². The molecule has 0 aliphatic heterocycles. The lowest BCUT2D eigenvalue weighted by molar-refractivity contribution is -0.141. The summed E-state index contributed by atoms with van der Waals surface area (Å²) in [6, 6.07) is -0.807. The fourth-order valence-corrected chi connectivity index (χ4v) is 0.739. The van der Waals surface area contributed by atoms with E-state index < -0.39 is 12.0 Å². The van der Waals surface area contributed by atoms with Crippen molar-refractivity contribution in [2.45, 2.75) is 26.3 Å². The topological polar surface area (TPSA) is 66.4 Å². The van der Waals surface area contributed by atoms with Crippen LogP contribution < -0.4 is 5.32 Å². The van der Waals surface area contributed by atoms with Gasteiger partial charge in [-0.25, -0.2) is 4.79 Å². The molecular weight excluding hydrogens is 158 g/mol. The SMILES string of the molecule is C/C=C/C[C@H](NC(C)=O)C(=O)O. The van der Waals surface area contributed by atoms with Crippen LogP contribution in [0.15, 0.2) is 12.2 Å². The summed E-state index contributed by atoms with van der Waals surface area (Å²) in [5.74, 6) is -1.34. The van der Waals surface area contributed by atoms with Crippen LogP contribution in [-0.4, -0.2) is 23.0 Å². The van der Waals surface area contributed by atoms with Gasteiger partial charge in [0.15, 0.2) is 0 Å². The molecule has 0 bridgehead atoms. The van der Waals surface area contributed by atoms with Gasteiger partial charge in [-0.3, -0.25) is 4.79 Å². The molecule has 0 fully saturated rings. The van der Waals surface area contributed by atoms with E-state index in [4.69, 9.17) is 5.11 Å². The van der Waals surface area contributed by atoms with Crippen molar-refractivity contribution >= 4 is 11.9 Å². The van der Waals surface area contributed by atoms with Crippen molar-refractivity contribution in [3.8, 4) is 0 Å². The number of carbonyl (C=O) groups excluding carboxylic acids is 1. The molecule has 0 saturated carbocycles. The van der Waals surface area contributed by atoms with Gasteiger partial charge in [-0.05, 0) is 13.3 Å². The van der Waals surface area contributed by atoms with E-state index in [9.17, 15) is 9.59 Å². The van der Waals surface area contributed by atoms with Crippen molar-refractivity contribution in [2.24, 2.45) is 0 Å². The smallest absolute Gasteiger partial charge is 0.326 e. The number of carboxylic acid groups (broad SMARTS) is 1. The first-order valence-corrected chi connectivity index (χ1v) is 3.69. The highest BCUT2D eigenvalue weighted by molar-refractivity contribution is 5.82. The molecule has 4 nitrogen and oxygen atoms in total. The van der Waals surface area contributed by atoms with Gasteiger partial charge in [0.05, 0.1) is 0 Å². The third kappa shape index (κ3) is 4.49. The summed E-state index contributed by atoms with van der Waals surface area (Å²) in [4.78, 5) is 21.0. The number of carbonyl (C=O) groups is 2. The minimum Gasteiger partial charge on any atom is -0.480 e. The summed E-state index contributed by atoms with van der Waals surface area (Å²) in [5.41, 5.74) is 0. The normalized spacial score (nSPS) is 12.8. The average Bonchev–Trinajstić information content (AvgIpc) is 1.96. The number of rotatable bonds is 4. The minimum absolute atomic E-state index is 0.325. The Kier molecular flexibility index (Phi) is 4.76. The van der Waals surface area contributed by atoms with Crippen LogP contribution in [0.1, 0.15) is 20.3 Å². The van der Waals surface area contributed by atoms with Crippen LogP contribution in [0.2, 0.25) is 0 Å². The van der Waals surface area contributed by atoms with Gasteiger partial charge in [0.2, 0.25) is 5.91 Å². The molecule has 2 N–H and O–H groups in total. The highest BCUT2D eigenvalue weighted by Gasteiger charge is 2.15. The zero-order valence-electron chi connectivity index (χ0n) is 7.20. The van der Waals surface area contributed by atoms with E-state index in [1.165, 1.54) is 6.92 Å². The highest BCUT2D eigenvalue weighted by atomic mass is 16.4. The van der Waals surface area contributed by atoms with E-state index >= 15 is 0 Å². The quantitative estimate of drug-likeness (QED) is 0.607. The van der Waals surface area contributed by atoms with Crippen molar-refractivity contribution < 1.29 is 14.7 Å². The summed E-state index contributed by atoms with van der Waals surface area (Å²) in [7, 11) is 0. The van der Waals surface area contributed by atoms with E-state index in [1.54, 1.807) is 19.1 Å². The van der Waals surface area contributed by atoms with Crippen LogP contribution >= 0.6 is 0 Å². The standard InChI is InChI=1S/C8H13NO3/c1-3-4-5-7(8(11)12)9-6(2)10/h3-4,7H,5H2,1-2H3,(H,9,10)(H,11,12)/b4-3+/t7-/m0/s1. The van der Waals surface area contributed by atoms with E-state index in [-0.39, 0.29) is 5.91 Å². The maximum atomic E-state index is 10.5. The molecule has 0 spiro atoms. The zero-order valence-corrected chi connectivity index (χ0v) is 7.20. The predicted octanol–water partition coefficient (Wildman–Crippen LogP) is 0.542. The fraction of sp³-hybridized carbons (Fsp3) is 0.500. The maximum absolute atomic E-state index is 10.5. The molecular formula is C8H13NO3. The molecule has 0 aliphatic rings. The first-order chi connectivity index (χ1) is 5.57. The van der Waals surface area contributed by atoms with Gasteiger partial charge in [0, 0.05) is 6.92 Å². The van der Waals surface area contributed by atoms with Gasteiger partial charge in [-0.15, -0.1) is 0 Å². The second-order valence-corrected chi connectivity index (χ2v) is 2.40. The molecule has 0 rings (SSSR count). The number of hydrogen-bond donors (Lipinski definition) is 2. The molecule has 1 atom stereocenters. The summed E-state index contributed by atoms with van der Waals surface area (Å²) in [6.07, 6.45) is 3.78. The molecule has 0 heterocycles. The van der Waals surface area contributed by atoms with Crippen molar-refractivity contribution in [2.75, 3.05) is 0 Å². The van der Waals surface area contributed by atoms with E-state index in [0.717, 1.165) is 0 Å². The lowest BCUT2D eigenvalue weighted by Crippen LogP contribution is -2.39. The number of carboxylic acids is 1. The van der Waals surface area contributed by atoms with E-state index in [0.29, 0.717) is 6.42 Å². The lowest BCUT2D eigenvalue weighted by atomic mass is 10.2. The second kappa shape index (κ2) is 5.35. The predicted molar refractivity (Wildman–Crippen MR) is 44.7 cm³/mol. The van der Waals surface area contributed by atoms with Crippen LogP contribution in [0.4, 0.5) is 0 Å². The van der Waals surface area contributed by atoms with Gasteiger partial charge in [0.1, 0.15) is 6.04 Å². The molecule has 0 saturated heterocycles. The molecule has 4 heteroatoms. The van der Waals surface area contributed by atoms with Crippen molar-refractivity contribution in [1.29, 1.82) is 0 Å². The largest absolute Gasteiger partial charge is 0.480 e. The lowest BCUT2D eigenvalue weighted by Gasteiger charge is -2.09. The molecule has 0 aromatic carbocycles. The Morgan fingerprint density at radius 3 is 2.50 bits per heavy atom. The Labute approximate surface area is 71.3 Å². The summed E-state index contributed by atoms with van der Waals surface area (Å²) in [5, 5.41) is 10.9. The number of aliphatic carboxylic acids is 1. The van der Waals surface area contributed by atoms with E-state index in [2.05, 4.69) is 5.32 Å².